The van der Waals surface area contributed by atoms with E-state index in [0.29, 0.717) is 28.4 Å². The van der Waals surface area contributed by atoms with Gasteiger partial charge in [-0.1, -0.05) is 11.6 Å². The van der Waals surface area contributed by atoms with E-state index in [4.69, 9.17) is 11.6 Å². The molecule has 4 aliphatic rings. The van der Waals surface area contributed by atoms with Crippen molar-refractivity contribution in [2.75, 3.05) is 98.6 Å². The van der Waals surface area contributed by atoms with Crippen molar-refractivity contribution in [3.8, 4) is 6.07 Å². The highest BCUT2D eigenvalue weighted by Crippen LogP contribution is 2.29. The third-order valence-electron chi connectivity index (χ3n) is 11.6. The highest BCUT2D eigenvalue weighted by Gasteiger charge is 2.33. The molecule has 1 unspecified atom stereocenters. The van der Waals surface area contributed by atoms with Crippen LogP contribution in [0.2, 0.25) is 5.02 Å². The van der Waals surface area contributed by atoms with Gasteiger partial charge in [-0.3, -0.25) is 29.4 Å². The number of carbonyl (C=O) groups excluding carboxylic acids is 4. The van der Waals surface area contributed by atoms with Gasteiger partial charge in [0.25, 0.3) is 5.91 Å². The predicted molar refractivity (Wildman–Crippen MR) is 211 cm³/mol. The molecule has 0 saturated carbocycles. The molecule has 3 aromatic carbocycles. The van der Waals surface area contributed by atoms with Crippen molar-refractivity contribution in [2.24, 2.45) is 5.92 Å². The molecular formula is C41H47ClN8O4. The van der Waals surface area contributed by atoms with Crippen LogP contribution in [-0.4, -0.2) is 119 Å². The number of nitriles is 1. The maximum Gasteiger partial charge on any atom is 0.255 e. The Bertz CT molecular complexity index is 1910. The first-order chi connectivity index (χ1) is 26.2. The number of carbonyl (C=O) groups is 4. The van der Waals surface area contributed by atoms with Gasteiger partial charge in [0.15, 0.2) is 6.29 Å². The van der Waals surface area contributed by atoms with Gasteiger partial charge in [-0.05, 0) is 85.8 Å². The van der Waals surface area contributed by atoms with Gasteiger partial charge >= 0.3 is 0 Å². The zero-order chi connectivity index (χ0) is 37.8. The van der Waals surface area contributed by atoms with Crippen LogP contribution in [0.5, 0.6) is 0 Å². The number of benzene rings is 3. The maximum atomic E-state index is 13.3. The van der Waals surface area contributed by atoms with Crippen molar-refractivity contribution in [1.29, 1.82) is 5.26 Å². The van der Waals surface area contributed by atoms with Gasteiger partial charge in [0.05, 0.1) is 16.1 Å². The molecule has 12 nitrogen and oxygen atoms in total. The first kappa shape index (κ1) is 37.2. The van der Waals surface area contributed by atoms with Crippen LogP contribution in [0.25, 0.3) is 0 Å². The molecule has 4 aliphatic heterocycles. The van der Waals surface area contributed by atoms with Gasteiger partial charge in [-0.2, -0.15) is 5.26 Å². The van der Waals surface area contributed by atoms with E-state index in [2.05, 4.69) is 60.2 Å². The van der Waals surface area contributed by atoms with E-state index in [1.54, 1.807) is 18.2 Å². The number of hydrogen-bond donors (Lipinski definition) is 1. The monoisotopic (exact) mass is 750 g/mol. The van der Waals surface area contributed by atoms with Gasteiger partial charge < -0.3 is 24.5 Å². The van der Waals surface area contributed by atoms with Crippen molar-refractivity contribution in [2.45, 2.75) is 31.7 Å². The largest absolute Gasteiger partial charge is 0.371 e. The molecular weight excluding hydrogens is 704 g/mol. The molecule has 54 heavy (non-hydrogen) atoms. The zero-order valence-electron chi connectivity index (χ0n) is 30.8. The minimum atomic E-state index is -0.745. The van der Waals surface area contributed by atoms with Crippen LogP contribution in [-0.2, 0) is 9.59 Å². The number of nitrogens with one attached hydrogen (secondary N) is 1. The van der Waals surface area contributed by atoms with Gasteiger partial charge in [0.2, 0.25) is 11.8 Å². The Balaban J connectivity index is 0.846. The standard InChI is InChI=1S/C41H47ClN8O4/c1-45(38-10-11-39(52)44-40(38)53)41(54)36-9-8-34(24-31(36)28-51)47-14-12-29(13-15-47)27-46-16-18-48(19-17-46)32-4-6-33(7-5-32)49-20-22-50(23-21-49)35-3-2-30(26-43)37(42)25-35/h2-9,24-25,28-29,38H,10-23,27H2,1H3,(H,44,52,53). The molecule has 0 spiro atoms. The maximum absolute atomic E-state index is 13.3. The van der Waals surface area contributed by atoms with Crippen LogP contribution >= 0.6 is 11.6 Å². The van der Waals surface area contributed by atoms with Crippen LogP contribution in [0.15, 0.2) is 60.7 Å². The van der Waals surface area contributed by atoms with E-state index in [1.165, 1.54) is 23.3 Å². The highest BCUT2D eigenvalue weighted by molar-refractivity contribution is 6.32. The molecule has 1 N–H and O–H groups in total. The fraction of sp³-hybridized carbons (Fsp3) is 0.439. The molecule has 282 valence electrons. The number of rotatable bonds is 9. The molecule has 0 bridgehead atoms. The average Bonchev–Trinajstić information content (AvgIpc) is 3.21. The summed E-state index contributed by atoms with van der Waals surface area (Å²) in [6.07, 6.45) is 3.27. The van der Waals surface area contributed by atoms with Gasteiger partial charge in [-0.25, -0.2) is 0 Å². The first-order valence-electron chi connectivity index (χ1n) is 18.9. The Hall–Kier alpha value is -5.12. The van der Waals surface area contributed by atoms with Gasteiger partial charge in [0, 0.05) is 114 Å². The number of imide groups is 1. The van der Waals surface area contributed by atoms with E-state index in [-0.39, 0.29) is 24.3 Å². The quantitative estimate of drug-likeness (QED) is 0.251. The number of hydrogen-bond acceptors (Lipinski definition) is 10. The molecule has 4 heterocycles. The number of nitrogens with zero attached hydrogens (tertiary/aromatic N) is 7. The number of piperazine rings is 2. The smallest absolute Gasteiger partial charge is 0.255 e. The molecule has 0 aliphatic carbocycles. The van der Waals surface area contributed by atoms with Crippen molar-refractivity contribution >= 4 is 58.4 Å². The predicted octanol–water partition coefficient (Wildman–Crippen LogP) is 4.27. The Morgan fingerprint density at radius 2 is 1.33 bits per heavy atom. The Morgan fingerprint density at radius 1 is 0.796 bits per heavy atom. The molecule has 13 heteroatoms. The van der Waals surface area contributed by atoms with Crippen LogP contribution in [0.1, 0.15) is 52.0 Å². The van der Waals surface area contributed by atoms with Gasteiger partial charge in [0.1, 0.15) is 12.1 Å². The zero-order valence-corrected chi connectivity index (χ0v) is 31.5. The van der Waals surface area contributed by atoms with Crippen LogP contribution in [0.4, 0.5) is 22.7 Å². The average molecular weight is 751 g/mol. The van der Waals surface area contributed by atoms with Crippen LogP contribution < -0.4 is 24.9 Å². The first-order valence-corrected chi connectivity index (χ1v) is 19.3. The summed E-state index contributed by atoms with van der Waals surface area (Å²) in [5.74, 6) is -0.629. The second-order valence-corrected chi connectivity index (χ2v) is 15.2. The van der Waals surface area contributed by atoms with E-state index < -0.39 is 17.9 Å². The number of halogens is 1. The Morgan fingerprint density at radius 3 is 1.91 bits per heavy atom. The normalized spacial score (nSPS) is 20.1. The van der Waals surface area contributed by atoms with Crippen molar-refractivity contribution in [3.05, 3.63) is 82.4 Å². The number of anilines is 4. The van der Waals surface area contributed by atoms with Crippen molar-refractivity contribution in [3.63, 3.8) is 0 Å². The Kier molecular flexibility index (Phi) is 11.4. The second kappa shape index (κ2) is 16.5. The highest BCUT2D eigenvalue weighted by atomic mass is 35.5. The van der Waals surface area contributed by atoms with Crippen LogP contribution in [0, 0.1) is 17.2 Å². The number of piperidine rings is 2. The van der Waals surface area contributed by atoms with E-state index in [0.717, 1.165) is 96.2 Å². The summed E-state index contributed by atoms with van der Waals surface area (Å²) >= 11 is 6.28. The summed E-state index contributed by atoms with van der Waals surface area (Å²) in [5.41, 5.74) is 5.55. The van der Waals surface area contributed by atoms with Crippen molar-refractivity contribution < 1.29 is 19.2 Å². The summed E-state index contributed by atoms with van der Waals surface area (Å²) in [6, 6.07) is 21.4. The van der Waals surface area contributed by atoms with E-state index in [9.17, 15) is 24.4 Å². The SMILES string of the molecule is CN(C(=O)c1ccc(N2CCC(CN3CCN(c4ccc(N5CCN(c6ccc(C#N)c(Cl)c6)CC5)cc4)CC3)CC2)cc1C=O)C1CCC(=O)NC1=O. The minimum absolute atomic E-state index is 0.176. The molecule has 1 atom stereocenters. The van der Waals surface area contributed by atoms with E-state index in [1.807, 2.05) is 18.2 Å². The molecule has 3 amide bonds. The fourth-order valence-electron chi connectivity index (χ4n) is 8.24. The Labute approximate surface area is 321 Å². The lowest BCUT2D eigenvalue weighted by Crippen LogP contribution is -2.53. The topological polar surface area (TPSA) is 124 Å². The molecule has 3 aromatic rings. The number of aldehydes is 1. The minimum Gasteiger partial charge on any atom is -0.371 e. The van der Waals surface area contributed by atoms with E-state index >= 15 is 0 Å². The molecule has 4 saturated heterocycles. The van der Waals surface area contributed by atoms with Crippen LogP contribution in [0.3, 0.4) is 0 Å². The third-order valence-corrected chi connectivity index (χ3v) is 11.9. The third kappa shape index (κ3) is 8.17. The van der Waals surface area contributed by atoms with Crippen molar-refractivity contribution in [1.82, 2.24) is 15.1 Å². The summed E-state index contributed by atoms with van der Waals surface area (Å²) in [7, 11) is 1.54. The lowest BCUT2D eigenvalue weighted by Gasteiger charge is -2.40. The lowest BCUT2D eigenvalue weighted by atomic mass is 9.95. The molecule has 7 rings (SSSR count). The summed E-state index contributed by atoms with van der Waals surface area (Å²) in [4.78, 5) is 62.7. The second-order valence-electron chi connectivity index (χ2n) is 14.8. The fourth-order valence-corrected chi connectivity index (χ4v) is 8.46. The summed E-state index contributed by atoms with van der Waals surface area (Å²) in [6.45, 7) is 10.6. The summed E-state index contributed by atoms with van der Waals surface area (Å²) in [5, 5.41) is 12.0. The number of amides is 3. The molecule has 4 fully saturated rings. The lowest BCUT2D eigenvalue weighted by molar-refractivity contribution is -0.136. The summed E-state index contributed by atoms with van der Waals surface area (Å²) < 4.78 is 0. The van der Waals surface area contributed by atoms with Gasteiger partial charge in [-0.15, -0.1) is 0 Å². The molecule has 0 aromatic heterocycles. The molecule has 0 radical (unpaired) electrons. The number of likely N-dealkylation sites (N-methyl/N-ethyl adjacent to an activating group) is 1.